The first-order chi connectivity index (χ1) is 17.8. The van der Waals surface area contributed by atoms with E-state index in [1.807, 2.05) is 24.3 Å². The number of hydrogen-bond donors (Lipinski definition) is 1. The molecule has 8 nitrogen and oxygen atoms in total. The molecule has 2 heterocycles. The van der Waals surface area contributed by atoms with Gasteiger partial charge in [-0.1, -0.05) is 36.4 Å². The van der Waals surface area contributed by atoms with Crippen molar-refractivity contribution >= 4 is 21.7 Å². The van der Waals surface area contributed by atoms with Crippen molar-refractivity contribution in [2.24, 2.45) is 5.73 Å². The second-order valence-corrected chi connectivity index (χ2v) is 11.2. The minimum Gasteiger partial charge on any atom is -0.355 e. The van der Waals surface area contributed by atoms with Crippen LogP contribution in [-0.4, -0.2) is 60.5 Å². The molecule has 1 aromatic heterocycles. The standard InChI is InChI=1S/C25H27F4N5O3S/c1-32(15-17-9-7-16(14-30)8-10-17)22-13-21(31-34(22)24(35)18-5-3-4-6-20(18)26)19-11-12-33(38(2,36)37)23(19)25(27,28)29/h3-10,13,19,23H,11-12,14-15,30H2,1-2H3. The van der Waals surface area contributed by atoms with Crippen LogP contribution in [0.15, 0.2) is 54.6 Å². The van der Waals surface area contributed by atoms with Gasteiger partial charge in [-0.25, -0.2) is 12.8 Å². The molecule has 1 aliphatic heterocycles. The zero-order valence-electron chi connectivity index (χ0n) is 20.7. The van der Waals surface area contributed by atoms with E-state index in [1.54, 1.807) is 11.9 Å². The lowest BCUT2D eigenvalue weighted by Gasteiger charge is -2.27. The summed E-state index contributed by atoms with van der Waals surface area (Å²) >= 11 is 0. The average Bonchev–Trinajstić information content (AvgIpc) is 3.49. The summed E-state index contributed by atoms with van der Waals surface area (Å²) in [4.78, 5) is 15.0. The van der Waals surface area contributed by atoms with Crippen molar-refractivity contribution < 1.29 is 30.8 Å². The van der Waals surface area contributed by atoms with E-state index in [2.05, 4.69) is 5.10 Å². The largest absolute Gasteiger partial charge is 0.405 e. The lowest BCUT2D eigenvalue weighted by Crippen LogP contribution is -2.46. The molecular formula is C25H27F4N5O3S. The highest BCUT2D eigenvalue weighted by Gasteiger charge is 2.55. The molecule has 0 amide bonds. The fourth-order valence-electron chi connectivity index (χ4n) is 4.71. The average molecular weight is 554 g/mol. The lowest BCUT2D eigenvalue weighted by atomic mass is 9.96. The maximum absolute atomic E-state index is 14.5. The number of nitrogens with zero attached hydrogens (tertiary/aromatic N) is 4. The Morgan fingerprint density at radius 2 is 1.76 bits per heavy atom. The van der Waals surface area contributed by atoms with Gasteiger partial charge in [0.1, 0.15) is 17.7 Å². The molecule has 1 saturated heterocycles. The molecule has 2 unspecified atom stereocenters. The first-order valence-electron chi connectivity index (χ1n) is 11.7. The molecule has 204 valence electrons. The van der Waals surface area contributed by atoms with Gasteiger partial charge in [0.25, 0.3) is 5.91 Å². The zero-order chi connectivity index (χ0) is 27.8. The van der Waals surface area contributed by atoms with Gasteiger partial charge in [0.15, 0.2) is 0 Å². The van der Waals surface area contributed by atoms with Crippen molar-refractivity contribution in [1.82, 2.24) is 14.1 Å². The topological polar surface area (TPSA) is 102 Å². The monoisotopic (exact) mass is 553 g/mol. The number of anilines is 1. The number of benzene rings is 2. The van der Waals surface area contributed by atoms with Crippen LogP contribution >= 0.6 is 0 Å². The van der Waals surface area contributed by atoms with Gasteiger partial charge in [-0.05, 0) is 29.7 Å². The lowest BCUT2D eigenvalue weighted by molar-refractivity contribution is -0.168. The van der Waals surface area contributed by atoms with Gasteiger partial charge in [0.2, 0.25) is 10.0 Å². The second-order valence-electron chi connectivity index (χ2n) is 9.26. The number of carbonyl (C=O) groups excluding carboxylic acids is 1. The molecular weight excluding hydrogens is 526 g/mol. The molecule has 3 aromatic rings. The smallest absolute Gasteiger partial charge is 0.355 e. The van der Waals surface area contributed by atoms with Crippen LogP contribution in [0.4, 0.5) is 23.4 Å². The van der Waals surface area contributed by atoms with E-state index in [-0.39, 0.29) is 36.6 Å². The maximum atomic E-state index is 14.5. The van der Waals surface area contributed by atoms with Gasteiger partial charge in [-0.3, -0.25) is 4.79 Å². The number of hydrogen-bond acceptors (Lipinski definition) is 6. The van der Waals surface area contributed by atoms with Crippen molar-refractivity contribution in [2.45, 2.75) is 37.6 Å². The number of sulfonamides is 1. The molecule has 1 aliphatic rings. The van der Waals surface area contributed by atoms with E-state index in [0.717, 1.165) is 28.1 Å². The van der Waals surface area contributed by atoms with Gasteiger partial charge >= 0.3 is 6.18 Å². The molecule has 2 atom stereocenters. The van der Waals surface area contributed by atoms with E-state index in [0.29, 0.717) is 10.8 Å². The molecule has 0 saturated carbocycles. The summed E-state index contributed by atoms with van der Waals surface area (Å²) in [5, 5.41) is 4.20. The van der Waals surface area contributed by atoms with Crippen molar-refractivity contribution in [2.75, 3.05) is 24.7 Å². The first-order valence-corrected chi connectivity index (χ1v) is 13.6. The van der Waals surface area contributed by atoms with Crippen LogP contribution in [-0.2, 0) is 23.1 Å². The minimum atomic E-state index is -4.87. The predicted molar refractivity (Wildman–Crippen MR) is 134 cm³/mol. The fourth-order valence-corrected chi connectivity index (χ4v) is 5.83. The summed E-state index contributed by atoms with van der Waals surface area (Å²) in [5.74, 6) is -2.89. The van der Waals surface area contributed by atoms with E-state index in [1.165, 1.54) is 24.3 Å². The number of aromatic nitrogens is 2. The highest BCUT2D eigenvalue weighted by atomic mass is 32.2. The van der Waals surface area contributed by atoms with E-state index >= 15 is 0 Å². The number of alkyl halides is 3. The molecule has 0 spiro atoms. The van der Waals surface area contributed by atoms with Gasteiger partial charge < -0.3 is 10.6 Å². The Hall–Kier alpha value is -3.29. The summed E-state index contributed by atoms with van der Waals surface area (Å²) in [6.45, 7) is 0.263. The van der Waals surface area contributed by atoms with Gasteiger partial charge in [-0.2, -0.15) is 27.3 Å². The Labute approximate surface area is 217 Å². The Kier molecular flexibility index (Phi) is 7.64. The molecule has 1 fully saturated rings. The highest BCUT2D eigenvalue weighted by Crippen LogP contribution is 2.43. The number of carbonyl (C=O) groups is 1. The number of nitrogens with two attached hydrogens (primary N) is 1. The third-order valence-corrected chi connectivity index (χ3v) is 7.83. The fraction of sp³-hybridized carbons (Fsp3) is 0.360. The molecule has 2 N–H and O–H groups in total. The van der Waals surface area contributed by atoms with Gasteiger partial charge in [0.05, 0.1) is 17.5 Å². The summed E-state index contributed by atoms with van der Waals surface area (Å²) < 4.78 is 82.3. The quantitative estimate of drug-likeness (QED) is 0.450. The SMILES string of the molecule is CN(Cc1ccc(CN)cc1)c1cc(C2CCN(S(C)(=O)=O)C2C(F)(F)F)nn1C(=O)c1ccccc1F. The predicted octanol–water partition coefficient (Wildman–Crippen LogP) is 3.49. The van der Waals surface area contributed by atoms with E-state index < -0.39 is 39.9 Å². The Morgan fingerprint density at radius 3 is 2.34 bits per heavy atom. The Morgan fingerprint density at radius 1 is 1.13 bits per heavy atom. The summed E-state index contributed by atoms with van der Waals surface area (Å²) in [5.41, 5.74) is 6.97. The van der Waals surface area contributed by atoms with Crippen molar-refractivity contribution in [3.8, 4) is 0 Å². The summed E-state index contributed by atoms with van der Waals surface area (Å²) in [6, 6.07) is 11.6. The van der Waals surface area contributed by atoms with Crippen molar-refractivity contribution in [3.05, 3.63) is 82.8 Å². The summed E-state index contributed by atoms with van der Waals surface area (Å²) in [6.07, 6.45) is -4.30. The van der Waals surface area contributed by atoms with Crippen LogP contribution in [0.1, 0.15) is 39.5 Å². The zero-order valence-corrected chi connectivity index (χ0v) is 21.5. The van der Waals surface area contributed by atoms with Crippen LogP contribution in [0, 0.1) is 5.82 Å². The third kappa shape index (κ3) is 5.59. The minimum absolute atomic E-state index is 0.108. The maximum Gasteiger partial charge on any atom is 0.405 e. The molecule has 38 heavy (non-hydrogen) atoms. The summed E-state index contributed by atoms with van der Waals surface area (Å²) in [7, 11) is -2.54. The number of halogens is 4. The van der Waals surface area contributed by atoms with Crippen molar-refractivity contribution in [3.63, 3.8) is 0 Å². The molecule has 0 bridgehead atoms. The molecule has 0 aliphatic carbocycles. The molecule has 0 radical (unpaired) electrons. The third-order valence-electron chi connectivity index (χ3n) is 6.57. The normalized spacial score (nSPS) is 18.6. The Balaban J connectivity index is 1.78. The van der Waals surface area contributed by atoms with E-state index in [9.17, 15) is 30.8 Å². The van der Waals surface area contributed by atoms with Gasteiger partial charge in [-0.15, -0.1) is 0 Å². The second kappa shape index (κ2) is 10.5. The highest BCUT2D eigenvalue weighted by molar-refractivity contribution is 7.88. The van der Waals surface area contributed by atoms with Gasteiger partial charge in [0, 0.05) is 38.7 Å². The number of rotatable bonds is 7. The molecule has 13 heteroatoms. The van der Waals surface area contributed by atoms with Crippen LogP contribution < -0.4 is 10.6 Å². The van der Waals surface area contributed by atoms with Crippen LogP contribution in [0.2, 0.25) is 0 Å². The first kappa shape index (κ1) is 27.7. The Bertz CT molecular complexity index is 1420. The van der Waals surface area contributed by atoms with Crippen LogP contribution in [0.5, 0.6) is 0 Å². The van der Waals surface area contributed by atoms with Crippen LogP contribution in [0.25, 0.3) is 0 Å². The molecule has 4 rings (SSSR count). The molecule has 2 aromatic carbocycles. The van der Waals surface area contributed by atoms with Crippen LogP contribution in [0.3, 0.4) is 0 Å². The van der Waals surface area contributed by atoms with E-state index in [4.69, 9.17) is 5.73 Å². The van der Waals surface area contributed by atoms with Crippen molar-refractivity contribution in [1.29, 1.82) is 0 Å².